The summed E-state index contributed by atoms with van der Waals surface area (Å²) in [7, 11) is -2.41. The average molecular weight is 355 g/mol. The van der Waals surface area contributed by atoms with Crippen LogP contribution in [-0.4, -0.2) is 31.4 Å². The van der Waals surface area contributed by atoms with Gasteiger partial charge in [0.1, 0.15) is 6.61 Å². The third kappa shape index (κ3) is 3.51. The van der Waals surface area contributed by atoms with E-state index in [9.17, 15) is 17.2 Å². The Kier molecular flexibility index (Phi) is 4.22. The van der Waals surface area contributed by atoms with Gasteiger partial charge in [0.25, 0.3) is 15.9 Å². The molecule has 0 amide bonds. The second-order valence-electron chi connectivity index (χ2n) is 5.52. The second kappa shape index (κ2) is 6.06. The molecule has 0 spiro atoms. The van der Waals surface area contributed by atoms with Crippen molar-refractivity contribution in [3.63, 3.8) is 0 Å². The number of nitrogens with one attached hydrogen (secondary N) is 1. The fourth-order valence-electron chi connectivity index (χ4n) is 2.30. The van der Waals surface area contributed by atoms with Crippen LogP contribution in [-0.2, 0) is 21.4 Å². The predicted octanol–water partition coefficient (Wildman–Crippen LogP) is 2.55. The molecule has 0 radical (unpaired) electrons. The van der Waals surface area contributed by atoms with E-state index in [2.05, 4.69) is 14.7 Å². The minimum atomic E-state index is -3.91. The highest BCUT2D eigenvalue weighted by Gasteiger charge is 2.57. The fourth-order valence-corrected chi connectivity index (χ4v) is 3.38. The van der Waals surface area contributed by atoms with Crippen LogP contribution in [0.25, 0.3) is 0 Å². The van der Waals surface area contributed by atoms with Gasteiger partial charge in [0.05, 0.1) is 28.9 Å². The zero-order valence-electron chi connectivity index (χ0n) is 12.7. The van der Waals surface area contributed by atoms with Gasteiger partial charge in [0, 0.05) is 13.5 Å². The van der Waals surface area contributed by atoms with E-state index in [-0.39, 0.29) is 23.6 Å². The van der Waals surface area contributed by atoms with E-state index in [0.29, 0.717) is 11.4 Å². The van der Waals surface area contributed by atoms with Gasteiger partial charge < -0.3 is 4.74 Å². The number of methoxy groups -OCH3 is 1. The van der Waals surface area contributed by atoms with Crippen LogP contribution < -0.4 is 4.72 Å². The number of nitrogens with zero attached hydrogens (tertiary/aromatic N) is 2. The van der Waals surface area contributed by atoms with E-state index in [1.54, 1.807) is 0 Å². The summed E-state index contributed by atoms with van der Waals surface area (Å²) in [6.45, 7) is 0.213. The molecule has 1 aromatic heterocycles. The van der Waals surface area contributed by atoms with E-state index >= 15 is 0 Å². The van der Waals surface area contributed by atoms with Gasteiger partial charge in [-0.3, -0.25) is 4.72 Å². The summed E-state index contributed by atoms with van der Waals surface area (Å²) in [5.41, 5.74) is 0.492. The second-order valence-corrected chi connectivity index (χ2v) is 7.20. The quantitative estimate of drug-likeness (QED) is 0.861. The first-order valence-corrected chi connectivity index (χ1v) is 8.60. The number of halogens is 2. The first-order valence-electron chi connectivity index (χ1n) is 7.12. The van der Waals surface area contributed by atoms with Crippen LogP contribution in [0.3, 0.4) is 0 Å². The van der Waals surface area contributed by atoms with Crippen LogP contribution >= 0.6 is 0 Å². The standard InChI is InChI=1S/C15H15F2N3O3S/c1-23-9-14-18-7-11(8-19-14)20-24(21,22)12-4-2-3-10(5-12)13-6-15(13,16)17/h2-5,7-8,13,20H,6,9H2,1H3. The number of benzene rings is 1. The molecular formula is C15H15F2N3O3S. The molecule has 6 nitrogen and oxygen atoms in total. The Hall–Kier alpha value is -2.13. The first kappa shape index (κ1) is 16.7. The van der Waals surface area contributed by atoms with Gasteiger partial charge in [-0.05, 0) is 17.7 Å². The van der Waals surface area contributed by atoms with Crippen LogP contribution in [0.4, 0.5) is 14.5 Å². The molecule has 1 N–H and O–H groups in total. The van der Waals surface area contributed by atoms with Crippen molar-refractivity contribution < 1.29 is 21.9 Å². The minimum Gasteiger partial charge on any atom is -0.377 e. The maximum absolute atomic E-state index is 13.2. The maximum Gasteiger partial charge on any atom is 0.262 e. The number of rotatable bonds is 6. The van der Waals surface area contributed by atoms with Crippen molar-refractivity contribution in [2.45, 2.75) is 29.8 Å². The molecule has 1 aliphatic rings. The number of alkyl halides is 2. The molecule has 1 atom stereocenters. The Balaban J connectivity index is 1.79. The van der Waals surface area contributed by atoms with E-state index in [0.717, 1.165) is 0 Å². The summed E-state index contributed by atoms with van der Waals surface area (Å²) < 4.78 is 58.3. The molecule has 0 bridgehead atoms. The topological polar surface area (TPSA) is 81.2 Å². The Labute approximate surface area is 138 Å². The van der Waals surface area contributed by atoms with E-state index in [4.69, 9.17) is 4.74 Å². The van der Waals surface area contributed by atoms with Gasteiger partial charge in [-0.2, -0.15) is 0 Å². The fraction of sp³-hybridized carbons (Fsp3) is 0.333. The van der Waals surface area contributed by atoms with Crippen molar-refractivity contribution in [1.82, 2.24) is 9.97 Å². The zero-order valence-corrected chi connectivity index (χ0v) is 13.6. The van der Waals surface area contributed by atoms with Crippen molar-refractivity contribution >= 4 is 15.7 Å². The lowest BCUT2D eigenvalue weighted by molar-refractivity contribution is 0.112. The average Bonchev–Trinajstić information content (AvgIpc) is 3.18. The summed E-state index contributed by atoms with van der Waals surface area (Å²) in [4.78, 5) is 7.84. The van der Waals surface area contributed by atoms with E-state index in [1.807, 2.05) is 0 Å². The summed E-state index contributed by atoms with van der Waals surface area (Å²) in [5.74, 6) is -3.25. The van der Waals surface area contributed by atoms with Crippen molar-refractivity contribution in [1.29, 1.82) is 0 Å². The Morgan fingerprint density at radius 3 is 2.58 bits per heavy atom. The normalized spacial score (nSPS) is 19.0. The van der Waals surface area contributed by atoms with E-state index in [1.165, 1.54) is 43.8 Å². The van der Waals surface area contributed by atoms with Crippen LogP contribution in [0.2, 0.25) is 0 Å². The molecule has 1 unspecified atom stereocenters. The molecule has 3 rings (SSSR count). The molecule has 9 heteroatoms. The molecule has 128 valence electrons. The van der Waals surface area contributed by atoms with Gasteiger partial charge in [-0.25, -0.2) is 27.2 Å². The highest BCUT2D eigenvalue weighted by Crippen LogP contribution is 2.55. The SMILES string of the molecule is COCc1ncc(NS(=O)(=O)c2cccc(C3CC3(F)F)c2)cn1. The van der Waals surface area contributed by atoms with Crippen LogP contribution in [0.1, 0.15) is 23.7 Å². The molecule has 1 aliphatic carbocycles. The molecule has 1 fully saturated rings. The van der Waals surface area contributed by atoms with Gasteiger partial charge in [0.2, 0.25) is 0 Å². The number of hydrogen-bond acceptors (Lipinski definition) is 5. The van der Waals surface area contributed by atoms with E-state index < -0.39 is 21.9 Å². The predicted molar refractivity (Wildman–Crippen MR) is 82.3 cm³/mol. The summed E-state index contributed by atoms with van der Waals surface area (Å²) >= 11 is 0. The lowest BCUT2D eigenvalue weighted by Gasteiger charge is -2.09. The lowest BCUT2D eigenvalue weighted by Crippen LogP contribution is -2.14. The Bertz CT molecular complexity index is 841. The highest BCUT2D eigenvalue weighted by atomic mass is 32.2. The lowest BCUT2D eigenvalue weighted by atomic mass is 10.1. The smallest absolute Gasteiger partial charge is 0.262 e. The molecular weight excluding hydrogens is 340 g/mol. The number of ether oxygens (including phenoxy) is 1. The first-order chi connectivity index (χ1) is 11.3. The van der Waals surface area contributed by atoms with Gasteiger partial charge in [0.15, 0.2) is 5.82 Å². The molecule has 24 heavy (non-hydrogen) atoms. The molecule has 0 aliphatic heterocycles. The summed E-state index contributed by atoms with van der Waals surface area (Å²) in [6.07, 6.45) is 2.38. The number of aromatic nitrogens is 2. The van der Waals surface area contributed by atoms with Crippen LogP contribution in [0.5, 0.6) is 0 Å². The van der Waals surface area contributed by atoms with Crippen molar-refractivity contribution in [3.8, 4) is 0 Å². The summed E-state index contributed by atoms with van der Waals surface area (Å²) in [5, 5.41) is 0. The van der Waals surface area contributed by atoms with Gasteiger partial charge >= 0.3 is 0 Å². The molecule has 2 aromatic rings. The Morgan fingerprint density at radius 1 is 1.33 bits per heavy atom. The van der Waals surface area contributed by atoms with Crippen molar-refractivity contribution in [3.05, 3.63) is 48.0 Å². The van der Waals surface area contributed by atoms with Crippen molar-refractivity contribution in [2.75, 3.05) is 11.8 Å². The molecule has 1 saturated carbocycles. The minimum absolute atomic E-state index is 0.0799. The van der Waals surface area contributed by atoms with Crippen molar-refractivity contribution in [2.24, 2.45) is 0 Å². The third-order valence-electron chi connectivity index (χ3n) is 3.63. The number of sulfonamides is 1. The maximum atomic E-state index is 13.2. The third-order valence-corrected chi connectivity index (χ3v) is 5.01. The van der Waals surface area contributed by atoms with Crippen LogP contribution in [0.15, 0.2) is 41.6 Å². The molecule has 0 saturated heterocycles. The largest absolute Gasteiger partial charge is 0.377 e. The van der Waals surface area contributed by atoms with Gasteiger partial charge in [-0.15, -0.1) is 0 Å². The Morgan fingerprint density at radius 2 is 2.00 bits per heavy atom. The zero-order chi connectivity index (χ0) is 17.4. The van der Waals surface area contributed by atoms with Gasteiger partial charge in [-0.1, -0.05) is 12.1 Å². The number of anilines is 1. The monoisotopic (exact) mass is 355 g/mol. The van der Waals surface area contributed by atoms with Crippen LogP contribution in [0, 0.1) is 0 Å². The highest BCUT2D eigenvalue weighted by molar-refractivity contribution is 7.92. The molecule has 1 aromatic carbocycles. The summed E-state index contributed by atoms with van der Waals surface area (Å²) in [6, 6.07) is 5.59. The molecule has 1 heterocycles. The number of hydrogen-bond donors (Lipinski definition) is 1.